The first-order chi connectivity index (χ1) is 11.1. The summed E-state index contributed by atoms with van der Waals surface area (Å²) in [5, 5.41) is 9.21. The number of rotatable bonds is 3. The van der Waals surface area contributed by atoms with Gasteiger partial charge in [0.2, 0.25) is 0 Å². The van der Waals surface area contributed by atoms with Gasteiger partial charge in [-0.05, 0) is 43.3 Å². The van der Waals surface area contributed by atoms with Crippen molar-refractivity contribution in [2.45, 2.75) is 19.1 Å². The molecule has 0 aliphatic carbocycles. The summed E-state index contributed by atoms with van der Waals surface area (Å²) >= 11 is 0. The molecule has 5 nitrogen and oxygen atoms in total. The van der Waals surface area contributed by atoms with Crippen molar-refractivity contribution in [3.05, 3.63) is 48.0 Å². The summed E-state index contributed by atoms with van der Waals surface area (Å²) in [6, 6.07) is 9.09. The lowest BCUT2D eigenvalue weighted by Crippen LogP contribution is -2.51. The van der Waals surface area contributed by atoms with E-state index in [0.29, 0.717) is 24.5 Å². The van der Waals surface area contributed by atoms with Crippen molar-refractivity contribution in [1.29, 1.82) is 0 Å². The fraction of sp³-hybridized carbons (Fsp3) is 0.353. The van der Waals surface area contributed by atoms with E-state index in [9.17, 15) is 14.3 Å². The molecule has 2 atom stereocenters. The molecular formula is C17H18FNO4. The zero-order chi connectivity index (χ0) is 16.4. The van der Waals surface area contributed by atoms with E-state index in [-0.39, 0.29) is 36.2 Å². The third-order valence-electron chi connectivity index (χ3n) is 3.92. The summed E-state index contributed by atoms with van der Waals surface area (Å²) in [4.78, 5) is 14.2. The van der Waals surface area contributed by atoms with E-state index in [1.807, 2.05) is 6.92 Å². The van der Waals surface area contributed by atoms with Gasteiger partial charge in [0.25, 0.3) is 5.91 Å². The molecule has 1 aliphatic rings. The number of hydrogen-bond donors (Lipinski definition) is 1. The van der Waals surface area contributed by atoms with Gasteiger partial charge in [0.15, 0.2) is 5.76 Å². The van der Waals surface area contributed by atoms with E-state index in [2.05, 4.69) is 0 Å². The topological polar surface area (TPSA) is 62.9 Å². The summed E-state index contributed by atoms with van der Waals surface area (Å²) in [5.41, 5.74) is 0.703. The maximum atomic E-state index is 13.0. The van der Waals surface area contributed by atoms with Crippen LogP contribution in [0, 0.1) is 5.82 Å². The number of hydrogen-bond acceptors (Lipinski definition) is 4. The highest BCUT2D eigenvalue weighted by molar-refractivity contribution is 5.92. The minimum absolute atomic E-state index is 0.0929. The number of nitrogens with zero attached hydrogens (tertiary/aromatic N) is 1. The Balaban J connectivity index is 1.79. The van der Waals surface area contributed by atoms with Gasteiger partial charge in [0, 0.05) is 12.1 Å². The molecule has 2 unspecified atom stereocenters. The van der Waals surface area contributed by atoms with Crippen LogP contribution in [0.1, 0.15) is 17.5 Å². The average molecular weight is 319 g/mol. The predicted molar refractivity (Wildman–Crippen MR) is 81.4 cm³/mol. The zero-order valence-corrected chi connectivity index (χ0v) is 12.7. The Morgan fingerprint density at radius 2 is 2.04 bits per heavy atom. The van der Waals surface area contributed by atoms with Crippen molar-refractivity contribution in [1.82, 2.24) is 4.90 Å². The van der Waals surface area contributed by atoms with Gasteiger partial charge in [-0.2, -0.15) is 0 Å². The van der Waals surface area contributed by atoms with Gasteiger partial charge in [0.05, 0.1) is 25.4 Å². The molecule has 2 aromatic rings. The van der Waals surface area contributed by atoms with Crippen LogP contribution in [-0.2, 0) is 4.74 Å². The van der Waals surface area contributed by atoms with Gasteiger partial charge in [-0.15, -0.1) is 0 Å². The van der Waals surface area contributed by atoms with Crippen LogP contribution in [0.3, 0.4) is 0 Å². The van der Waals surface area contributed by atoms with Gasteiger partial charge < -0.3 is 19.2 Å². The van der Waals surface area contributed by atoms with Crippen molar-refractivity contribution >= 4 is 5.91 Å². The maximum absolute atomic E-state index is 13.0. The Labute approximate surface area is 133 Å². The summed E-state index contributed by atoms with van der Waals surface area (Å²) in [6.45, 7) is 2.45. The third kappa shape index (κ3) is 3.28. The van der Waals surface area contributed by atoms with E-state index in [1.54, 1.807) is 29.2 Å². The second-order valence-electron chi connectivity index (χ2n) is 5.62. The highest BCUT2D eigenvalue weighted by Gasteiger charge is 2.31. The Kier molecular flexibility index (Phi) is 4.45. The normalized spacial score (nSPS) is 21.4. The van der Waals surface area contributed by atoms with Crippen LogP contribution >= 0.6 is 0 Å². The first-order valence-corrected chi connectivity index (χ1v) is 7.47. The number of ether oxygens (including phenoxy) is 1. The Morgan fingerprint density at radius 3 is 2.74 bits per heavy atom. The number of carbonyl (C=O) groups excluding carboxylic acids is 1. The molecule has 23 heavy (non-hydrogen) atoms. The molecule has 122 valence electrons. The lowest BCUT2D eigenvalue weighted by molar-refractivity contribution is -0.0673. The van der Waals surface area contributed by atoms with Crippen LogP contribution in [0.15, 0.2) is 40.8 Å². The number of carbonyl (C=O) groups is 1. The molecule has 1 aromatic carbocycles. The number of morpholine rings is 1. The molecule has 0 radical (unpaired) electrons. The van der Waals surface area contributed by atoms with E-state index in [0.717, 1.165) is 0 Å². The Morgan fingerprint density at radius 1 is 1.30 bits per heavy atom. The summed E-state index contributed by atoms with van der Waals surface area (Å²) in [5.74, 6) is 0.157. The molecule has 0 saturated carbocycles. The lowest BCUT2D eigenvalue weighted by atomic mass is 10.2. The molecule has 1 saturated heterocycles. The number of furan rings is 1. The van der Waals surface area contributed by atoms with Crippen molar-refractivity contribution in [3.63, 3.8) is 0 Å². The number of amides is 1. The molecule has 6 heteroatoms. The molecule has 1 amide bonds. The molecule has 0 bridgehead atoms. The minimum atomic E-state index is -0.373. The molecule has 2 heterocycles. The molecule has 1 aromatic heterocycles. The Hall–Kier alpha value is -2.18. The number of aliphatic hydroxyl groups is 1. The summed E-state index contributed by atoms with van der Waals surface area (Å²) in [7, 11) is 0. The minimum Gasteiger partial charge on any atom is -0.451 e. The summed E-state index contributed by atoms with van der Waals surface area (Å²) < 4.78 is 24.0. The first kappa shape index (κ1) is 15.7. The quantitative estimate of drug-likeness (QED) is 0.943. The van der Waals surface area contributed by atoms with Crippen LogP contribution in [0.25, 0.3) is 11.3 Å². The third-order valence-corrected chi connectivity index (χ3v) is 3.92. The molecule has 3 rings (SSSR count). The van der Waals surface area contributed by atoms with Gasteiger partial charge in [-0.1, -0.05) is 0 Å². The van der Waals surface area contributed by atoms with Crippen LogP contribution in [0.2, 0.25) is 0 Å². The van der Waals surface area contributed by atoms with Crippen molar-refractivity contribution in [2.24, 2.45) is 0 Å². The molecular weight excluding hydrogens is 301 g/mol. The monoisotopic (exact) mass is 319 g/mol. The number of halogens is 1. The fourth-order valence-electron chi connectivity index (χ4n) is 2.57. The highest BCUT2D eigenvalue weighted by atomic mass is 19.1. The van der Waals surface area contributed by atoms with Gasteiger partial charge in [-0.25, -0.2) is 4.39 Å². The van der Waals surface area contributed by atoms with Crippen molar-refractivity contribution in [3.8, 4) is 11.3 Å². The first-order valence-electron chi connectivity index (χ1n) is 7.47. The van der Waals surface area contributed by atoms with Gasteiger partial charge >= 0.3 is 0 Å². The summed E-state index contributed by atoms with van der Waals surface area (Å²) in [6.07, 6.45) is -0.373. The largest absolute Gasteiger partial charge is 0.451 e. The van der Waals surface area contributed by atoms with E-state index >= 15 is 0 Å². The maximum Gasteiger partial charge on any atom is 0.289 e. The van der Waals surface area contributed by atoms with Crippen molar-refractivity contribution < 1.29 is 23.4 Å². The average Bonchev–Trinajstić information content (AvgIpc) is 3.05. The van der Waals surface area contributed by atoms with Crippen LogP contribution < -0.4 is 0 Å². The van der Waals surface area contributed by atoms with E-state index in [4.69, 9.17) is 9.15 Å². The molecule has 1 N–H and O–H groups in total. The van der Waals surface area contributed by atoms with E-state index in [1.165, 1.54) is 12.1 Å². The molecule has 1 fully saturated rings. The second kappa shape index (κ2) is 6.52. The fourth-order valence-corrected chi connectivity index (χ4v) is 2.57. The van der Waals surface area contributed by atoms with Crippen LogP contribution in [0.5, 0.6) is 0 Å². The SMILES string of the molecule is CC1COC(CO)CN1C(=O)c1ccc(-c2ccc(F)cc2)o1. The van der Waals surface area contributed by atoms with Crippen LogP contribution in [-0.4, -0.2) is 47.8 Å². The smallest absolute Gasteiger partial charge is 0.289 e. The Bertz CT molecular complexity index is 682. The molecule has 0 spiro atoms. The van der Waals surface area contributed by atoms with E-state index < -0.39 is 0 Å². The number of benzene rings is 1. The zero-order valence-electron chi connectivity index (χ0n) is 12.7. The van der Waals surface area contributed by atoms with Crippen molar-refractivity contribution in [2.75, 3.05) is 19.8 Å². The molecule has 1 aliphatic heterocycles. The number of aliphatic hydroxyl groups excluding tert-OH is 1. The van der Waals surface area contributed by atoms with Gasteiger partial charge in [0.1, 0.15) is 11.6 Å². The highest BCUT2D eigenvalue weighted by Crippen LogP contribution is 2.24. The second-order valence-corrected chi connectivity index (χ2v) is 5.62. The predicted octanol–water partition coefficient (Wildman–Crippen LogP) is 2.31. The lowest BCUT2D eigenvalue weighted by Gasteiger charge is -2.36. The van der Waals surface area contributed by atoms with Crippen LogP contribution in [0.4, 0.5) is 4.39 Å². The van der Waals surface area contributed by atoms with Gasteiger partial charge in [-0.3, -0.25) is 4.79 Å². The standard InChI is InChI=1S/C17H18FNO4/c1-11-10-22-14(9-20)8-19(11)17(21)16-7-6-15(23-16)12-2-4-13(18)5-3-12/h2-7,11,14,20H,8-10H2,1H3.